The molecule has 4 rings (SSSR count). The number of fused-ring (bicyclic) bond motifs is 1. The van der Waals surface area contributed by atoms with E-state index in [-0.39, 0.29) is 17.5 Å². The van der Waals surface area contributed by atoms with Gasteiger partial charge in [-0.3, -0.25) is 4.79 Å². The number of halogens is 2. The van der Waals surface area contributed by atoms with Crippen molar-refractivity contribution in [2.75, 3.05) is 5.32 Å². The van der Waals surface area contributed by atoms with Crippen molar-refractivity contribution < 1.29 is 14.3 Å². The van der Waals surface area contributed by atoms with Crippen LogP contribution in [0.25, 0.3) is 28.6 Å². The van der Waals surface area contributed by atoms with Crippen LogP contribution in [0.5, 0.6) is 5.75 Å². The van der Waals surface area contributed by atoms with Gasteiger partial charge in [0.2, 0.25) is 11.8 Å². The van der Waals surface area contributed by atoms with E-state index in [0.29, 0.717) is 32.4 Å². The molecule has 0 radical (unpaired) electrons. The largest absolute Gasteiger partial charge is 0.507 e. The number of oxazole rings is 1. The van der Waals surface area contributed by atoms with Gasteiger partial charge in [-0.1, -0.05) is 35.3 Å². The first-order chi connectivity index (χ1) is 14.0. The number of nitrogens with one attached hydrogen (secondary N) is 1. The quantitative estimate of drug-likeness (QED) is 0.384. The molecule has 144 valence electrons. The van der Waals surface area contributed by atoms with Crippen molar-refractivity contribution in [3.8, 4) is 17.2 Å². The fourth-order valence-corrected chi connectivity index (χ4v) is 3.03. The third kappa shape index (κ3) is 4.42. The molecule has 2 N–H and O–H groups in total. The van der Waals surface area contributed by atoms with Crippen LogP contribution in [0.1, 0.15) is 5.56 Å². The van der Waals surface area contributed by atoms with Crippen LogP contribution in [0, 0.1) is 0 Å². The Morgan fingerprint density at radius 3 is 2.52 bits per heavy atom. The Labute approximate surface area is 176 Å². The fraction of sp³-hybridized carbons (Fsp3) is 0. The van der Waals surface area contributed by atoms with Gasteiger partial charge in [0, 0.05) is 27.9 Å². The number of phenolic OH excluding ortho intramolecular Hbond substituents is 1. The standard InChI is InChI=1S/C22H14Cl2N2O3/c23-14-4-1-13(2-5-14)3-10-21(28)25-16-7-8-17(19(27)12-16)22-26-18-11-15(24)6-9-20(18)29-22/h1-12,27H,(H,25,28)/b10-3+. The molecule has 0 fully saturated rings. The summed E-state index contributed by atoms with van der Waals surface area (Å²) in [6.07, 6.45) is 3.07. The van der Waals surface area contributed by atoms with Crippen LogP contribution in [-0.2, 0) is 4.79 Å². The topological polar surface area (TPSA) is 75.4 Å². The van der Waals surface area contributed by atoms with E-state index in [1.54, 1.807) is 60.7 Å². The molecule has 0 spiro atoms. The SMILES string of the molecule is O=C(/C=C/c1ccc(Cl)cc1)Nc1ccc(-c2nc3cc(Cl)ccc3o2)c(O)c1. The molecule has 0 aliphatic heterocycles. The lowest BCUT2D eigenvalue weighted by atomic mass is 10.1. The van der Waals surface area contributed by atoms with Gasteiger partial charge >= 0.3 is 0 Å². The minimum atomic E-state index is -0.330. The number of anilines is 1. The summed E-state index contributed by atoms with van der Waals surface area (Å²) in [6.45, 7) is 0. The Morgan fingerprint density at radius 2 is 1.76 bits per heavy atom. The second kappa shape index (κ2) is 7.99. The average molecular weight is 425 g/mol. The van der Waals surface area contributed by atoms with Gasteiger partial charge in [-0.05, 0) is 54.1 Å². The third-order valence-electron chi connectivity index (χ3n) is 4.14. The lowest BCUT2D eigenvalue weighted by molar-refractivity contribution is -0.111. The number of aromatic hydroxyl groups is 1. The zero-order valence-corrected chi connectivity index (χ0v) is 16.4. The maximum atomic E-state index is 12.1. The Morgan fingerprint density at radius 1 is 1.00 bits per heavy atom. The van der Waals surface area contributed by atoms with Crippen LogP contribution >= 0.6 is 23.2 Å². The van der Waals surface area contributed by atoms with Crippen molar-refractivity contribution in [2.24, 2.45) is 0 Å². The van der Waals surface area contributed by atoms with E-state index in [1.807, 2.05) is 0 Å². The fourth-order valence-electron chi connectivity index (χ4n) is 2.74. The number of nitrogens with zero attached hydrogens (tertiary/aromatic N) is 1. The first-order valence-corrected chi connectivity index (χ1v) is 9.38. The molecule has 0 atom stereocenters. The molecular formula is C22H14Cl2N2O3. The molecule has 0 aliphatic rings. The van der Waals surface area contributed by atoms with E-state index >= 15 is 0 Å². The minimum Gasteiger partial charge on any atom is -0.507 e. The second-order valence-electron chi connectivity index (χ2n) is 6.24. The van der Waals surface area contributed by atoms with Gasteiger partial charge in [0.15, 0.2) is 5.58 Å². The molecule has 1 aromatic heterocycles. The first kappa shape index (κ1) is 19.1. The normalized spacial score (nSPS) is 11.2. The molecule has 0 saturated heterocycles. The maximum Gasteiger partial charge on any atom is 0.248 e. The highest BCUT2D eigenvalue weighted by atomic mass is 35.5. The minimum absolute atomic E-state index is 0.0675. The van der Waals surface area contributed by atoms with Gasteiger partial charge in [0.25, 0.3) is 0 Å². The van der Waals surface area contributed by atoms with Crippen LogP contribution in [0.4, 0.5) is 5.69 Å². The summed E-state index contributed by atoms with van der Waals surface area (Å²) in [5, 5.41) is 14.2. The zero-order valence-electron chi connectivity index (χ0n) is 14.9. The highest BCUT2D eigenvalue weighted by molar-refractivity contribution is 6.31. The predicted octanol–water partition coefficient (Wildman–Crippen LogP) is 6.16. The van der Waals surface area contributed by atoms with E-state index in [2.05, 4.69) is 10.3 Å². The third-order valence-corrected chi connectivity index (χ3v) is 4.63. The van der Waals surface area contributed by atoms with E-state index in [4.69, 9.17) is 27.6 Å². The van der Waals surface area contributed by atoms with E-state index in [1.165, 1.54) is 12.1 Å². The number of amides is 1. The summed E-state index contributed by atoms with van der Waals surface area (Å²) in [4.78, 5) is 16.5. The van der Waals surface area contributed by atoms with Crippen LogP contribution in [0.2, 0.25) is 10.0 Å². The van der Waals surface area contributed by atoms with Crippen molar-refractivity contribution in [3.05, 3.63) is 82.3 Å². The van der Waals surface area contributed by atoms with Gasteiger partial charge in [-0.2, -0.15) is 0 Å². The number of phenols is 1. The molecule has 0 aliphatic carbocycles. The van der Waals surface area contributed by atoms with Crippen molar-refractivity contribution in [3.63, 3.8) is 0 Å². The van der Waals surface area contributed by atoms with Gasteiger partial charge < -0.3 is 14.8 Å². The molecule has 1 heterocycles. The molecule has 0 unspecified atom stereocenters. The highest BCUT2D eigenvalue weighted by Gasteiger charge is 2.13. The Hall–Kier alpha value is -3.28. The van der Waals surface area contributed by atoms with Gasteiger partial charge in [0.1, 0.15) is 11.3 Å². The number of benzene rings is 3. The smallest absolute Gasteiger partial charge is 0.248 e. The van der Waals surface area contributed by atoms with Crippen molar-refractivity contribution in [1.29, 1.82) is 0 Å². The Kier molecular flexibility index (Phi) is 5.25. The zero-order chi connectivity index (χ0) is 20.4. The van der Waals surface area contributed by atoms with Gasteiger partial charge in [0.05, 0.1) is 5.56 Å². The van der Waals surface area contributed by atoms with Gasteiger partial charge in [-0.15, -0.1) is 0 Å². The molecular weight excluding hydrogens is 411 g/mol. The van der Waals surface area contributed by atoms with Crippen molar-refractivity contribution >= 4 is 52.0 Å². The van der Waals surface area contributed by atoms with Crippen LogP contribution < -0.4 is 5.32 Å². The molecule has 4 aromatic rings. The maximum absolute atomic E-state index is 12.1. The predicted molar refractivity (Wildman–Crippen MR) is 115 cm³/mol. The van der Waals surface area contributed by atoms with Crippen LogP contribution in [-0.4, -0.2) is 16.0 Å². The highest BCUT2D eigenvalue weighted by Crippen LogP contribution is 2.33. The first-order valence-electron chi connectivity index (χ1n) is 8.62. The molecule has 1 amide bonds. The number of carbonyl (C=O) groups is 1. The lowest BCUT2D eigenvalue weighted by Crippen LogP contribution is -2.07. The Bertz CT molecular complexity index is 1230. The van der Waals surface area contributed by atoms with Crippen LogP contribution in [0.15, 0.2) is 71.2 Å². The lowest BCUT2D eigenvalue weighted by Gasteiger charge is -2.05. The molecule has 3 aromatic carbocycles. The van der Waals surface area contributed by atoms with E-state index in [9.17, 15) is 9.90 Å². The summed E-state index contributed by atoms with van der Waals surface area (Å²) in [6, 6.07) is 16.9. The van der Waals surface area contributed by atoms with E-state index in [0.717, 1.165) is 5.56 Å². The summed E-state index contributed by atoms with van der Waals surface area (Å²) in [7, 11) is 0. The summed E-state index contributed by atoms with van der Waals surface area (Å²) >= 11 is 11.8. The molecule has 0 saturated carbocycles. The molecule has 29 heavy (non-hydrogen) atoms. The second-order valence-corrected chi connectivity index (χ2v) is 7.11. The molecule has 0 bridgehead atoms. The molecule has 5 nitrogen and oxygen atoms in total. The Balaban J connectivity index is 1.50. The summed E-state index contributed by atoms with van der Waals surface area (Å²) < 4.78 is 5.67. The monoisotopic (exact) mass is 424 g/mol. The van der Waals surface area contributed by atoms with E-state index < -0.39 is 0 Å². The average Bonchev–Trinajstić information content (AvgIpc) is 3.10. The number of aromatic nitrogens is 1. The van der Waals surface area contributed by atoms with Crippen molar-refractivity contribution in [1.82, 2.24) is 4.98 Å². The summed E-state index contributed by atoms with van der Waals surface area (Å²) in [5.74, 6) is -0.133. The van der Waals surface area contributed by atoms with Gasteiger partial charge in [-0.25, -0.2) is 4.98 Å². The van der Waals surface area contributed by atoms with Crippen molar-refractivity contribution in [2.45, 2.75) is 0 Å². The number of hydrogen-bond acceptors (Lipinski definition) is 4. The summed E-state index contributed by atoms with van der Waals surface area (Å²) in [5.41, 5.74) is 2.85. The number of rotatable bonds is 4. The molecule has 7 heteroatoms. The number of carbonyl (C=O) groups excluding carboxylic acids is 1. The van der Waals surface area contributed by atoms with Crippen LogP contribution in [0.3, 0.4) is 0 Å². The number of hydrogen-bond donors (Lipinski definition) is 2.